The Bertz CT molecular complexity index is 472. The minimum atomic E-state index is -0.908. The first-order valence-electron chi connectivity index (χ1n) is 5.81. The number of carboxylic acids is 1. The highest BCUT2D eigenvalue weighted by Gasteiger charge is 2.33. The number of methoxy groups -OCH3 is 2. The molecule has 5 heteroatoms. The lowest BCUT2D eigenvalue weighted by atomic mass is 9.89. The molecule has 1 heterocycles. The Morgan fingerprint density at radius 2 is 1.94 bits per heavy atom. The van der Waals surface area contributed by atoms with Crippen LogP contribution in [0.1, 0.15) is 24.1 Å². The Morgan fingerprint density at radius 3 is 2.50 bits per heavy atom. The van der Waals surface area contributed by atoms with Gasteiger partial charge in [0.1, 0.15) is 17.5 Å². The van der Waals surface area contributed by atoms with Gasteiger partial charge in [0, 0.05) is 17.2 Å². The van der Waals surface area contributed by atoms with Crippen molar-refractivity contribution in [3.05, 3.63) is 23.3 Å². The molecule has 0 fully saturated rings. The minimum absolute atomic E-state index is 0.0830. The Morgan fingerprint density at radius 1 is 1.33 bits per heavy atom. The van der Waals surface area contributed by atoms with Gasteiger partial charge in [-0.2, -0.15) is 0 Å². The third-order valence-electron chi connectivity index (χ3n) is 3.21. The van der Waals surface area contributed by atoms with Gasteiger partial charge in [-0.15, -0.1) is 0 Å². The molecule has 5 nitrogen and oxygen atoms in total. The number of hydrogen-bond acceptors (Lipinski definition) is 4. The second kappa shape index (κ2) is 4.86. The summed E-state index contributed by atoms with van der Waals surface area (Å²) in [5.41, 5.74) is 1.58. The van der Waals surface area contributed by atoms with Crippen LogP contribution in [0.25, 0.3) is 0 Å². The molecule has 2 N–H and O–H groups in total. The fraction of sp³-hybridized carbons (Fsp3) is 0.462. The molecule has 0 saturated heterocycles. The molecule has 2 unspecified atom stereocenters. The molecule has 0 aliphatic carbocycles. The smallest absolute Gasteiger partial charge is 0.325 e. The lowest BCUT2D eigenvalue weighted by molar-refractivity contribution is -0.140. The predicted octanol–water partition coefficient (Wildman–Crippen LogP) is 1.36. The van der Waals surface area contributed by atoms with Crippen molar-refractivity contribution in [2.75, 3.05) is 14.2 Å². The lowest BCUT2D eigenvalue weighted by Gasteiger charge is -2.31. The fourth-order valence-corrected chi connectivity index (χ4v) is 2.45. The number of nitrogens with one attached hydrogen (secondary N) is 1. The van der Waals surface area contributed by atoms with Gasteiger partial charge < -0.3 is 14.6 Å². The molecule has 0 bridgehead atoms. The van der Waals surface area contributed by atoms with Crippen molar-refractivity contribution >= 4 is 5.97 Å². The van der Waals surface area contributed by atoms with E-state index in [4.69, 9.17) is 9.47 Å². The van der Waals surface area contributed by atoms with Crippen LogP contribution in [0.3, 0.4) is 0 Å². The van der Waals surface area contributed by atoms with Crippen LogP contribution < -0.4 is 14.8 Å². The van der Waals surface area contributed by atoms with Gasteiger partial charge in [0.25, 0.3) is 0 Å². The Kier molecular flexibility index (Phi) is 3.43. The molecule has 1 aromatic rings. The van der Waals surface area contributed by atoms with Crippen LogP contribution in [0.15, 0.2) is 12.1 Å². The van der Waals surface area contributed by atoms with Crippen LogP contribution >= 0.6 is 0 Å². The summed E-state index contributed by atoms with van der Waals surface area (Å²) in [6.45, 7) is 1.96. The molecule has 0 saturated carbocycles. The summed E-state index contributed by atoms with van der Waals surface area (Å²) in [6, 6.07) is 2.88. The molecule has 2 rings (SSSR count). The quantitative estimate of drug-likeness (QED) is 0.849. The number of carbonyl (C=O) groups is 1. The van der Waals surface area contributed by atoms with Crippen molar-refractivity contribution in [2.24, 2.45) is 0 Å². The molecule has 0 spiro atoms. The van der Waals surface area contributed by atoms with Gasteiger partial charge in [-0.25, -0.2) is 0 Å². The van der Waals surface area contributed by atoms with Crippen LogP contribution in [0.5, 0.6) is 11.5 Å². The van der Waals surface area contributed by atoms with Gasteiger partial charge in [-0.05, 0) is 25.5 Å². The third-order valence-corrected chi connectivity index (χ3v) is 3.21. The minimum Gasteiger partial charge on any atom is -0.496 e. The molecular weight excluding hydrogens is 234 g/mol. The van der Waals surface area contributed by atoms with Crippen molar-refractivity contribution in [3.63, 3.8) is 0 Å². The number of carboxylic acid groups (broad SMARTS) is 1. The number of rotatable bonds is 3. The highest BCUT2D eigenvalue weighted by Crippen LogP contribution is 2.38. The van der Waals surface area contributed by atoms with Crippen LogP contribution in [0.4, 0.5) is 0 Å². The SMILES string of the molecule is COc1ccc(OC)c2c1CC(C)NC2C(=O)O. The van der Waals surface area contributed by atoms with Crippen LogP contribution in [0, 0.1) is 0 Å². The second-order valence-electron chi connectivity index (χ2n) is 4.41. The molecule has 1 aliphatic rings. The van der Waals surface area contributed by atoms with E-state index in [0.717, 1.165) is 12.0 Å². The molecular formula is C13H17NO4. The van der Waals surface area contributed by atoms with Gasteiger partial charge in [0.2, 0.25) is 0 Å². The van der Waals surface area contributed by atoms with Gasteiger partial charge in [-0.1, -0.05) is 0 Å². The monoisotopic (exact) mass is 251 g/mol. The largest absolute Gasteiger partial charge is 0.496 e. The first-order chi connectivity index (χ1) is 8.58. The van der Waals surface area contributed by atoms with E-state index < -0.39 is 12.0 Å². The molecule has 0 aromatic heterocycles. The van der Waals surface area contributed by atoms with E-state index in [1.165, 1.54) is 0 Å². The summed E-state index contributed by atoms with van der Waals surface area (Å²) < 4.78 is 10.6. The highest BCUT2D eigenvalue weighted by atomic mass is 16.5. The van der Waals surface area contributed by atoms with E-state index >= 15 is 0 Å². The fourth-order valence-electron chi connectivity index (χ4n) is 2.45. The van der Waals surface area contributed by atoms with E-state index in [0.29, 0.717) is 17.1 Å². The van der Waals surface area contributed by atoms with Crippen molar-refractivity contribution in [1.82, 2.24) is 5.32 Å². The maximum atomic E-state index is 11.4. The van der Waals surface area contributed by atoms with Crippen LogP contribution in [-0.2, 0) is 11.2 Å². The van der Waals surface area contributed by atoms with Crippen molar-refractivity contribution in [3.8, 4) is 11.5 Å². The predicted molar refractivity (Wildman–Crippen MR) is 66.2 cm³/mol. The first-order valence-corrected chi connectivity index (χ1v) is 5.81. The van der Waals surface area contributed by atoms with Gasteiger partial charge in [0.05, 0.1) is 14.2 Å². The Balaban J connectivity index is 2.62. The van der Waals surface area contributed by atoms with Gasteiger partial charge >= 0.3 is 5.97 Å². The highest BCUT2D eigenvalue weighted by molar-refractivity contribution is 5.78. The normalized spacial score (nSPS) is 22.2. The van der Waals surface area contributed by atoms with Crippen molar-refractivity contribution in [2.45, 2.75) is 25.4 Å². The molecule has 1 aliphatic heterocycles. The van der Waals surface area contributed by atoms with E-state index in [1.807, 2.05) is 13.0 Å². The topological polar surface area (TPSA) is 67.8 Å². The van der Waals surface area contributed by atoms with Gasteiger partial charge in [-0.3, -0.25) is 10.1 Å². The zero-order valence-corrected chi connectivity index (χ0v) is 10.7. The zero-order valence-electron chi connectivity index (χ0n) is 10.7. The number of aliphatic carboxylic acids is 1. The van der Waals surface area contributed by atoms with E-state index in [-0.39, 0.29) is 6.04 Å². The second-order valence-corrected chi connectivity index (χ2v) is 4.41. The molecule has 0 radical (unpaired) electrons. The zero-order chi connectivity index (χ0) is 13.3. The summed E-state index contributed by atoms with van der Waals surface area (Å²) >= 11 is 0. The van der Waals surface area contributed by atoms with Crippen molar-refractivity contribution < 1.29 is 19.4 Å². The Labute approximate surface area is 106 Å². The summed E-state index contributed by atoms with van der Waals surface area (Å²) in [7, 11) is 3.13. The summed E-state index contributed by atoms with van der Waals surface area (Å²) in [6.07, 6.45) is 0.722. The van der Waals surface area contributed by atoms with E-state index in [9.17, 15) is 9.90 Å². The Hall–Kier alpha value is -1.75. The third kappa shape index (κ3) is 2.01. The standard InChI is InChI=1S/C13H17NO4/c1-7-6-8-9(17-2)4-5-10(18-3)11(8)12(14-7)13(15)16/h4-5,7,12,14H,6H2,1-3H3,(H,15,16). The van der Waals surface area contributed by atoms with E-state index in [1.54, 1.807) is 20.3 Å². The van der Waals surface area contributed by atoms with Crippen molar-refractivity contribution in [1.29, 1.82) is 0 Å². The van der Waals surface area contributed by atoms with E-state index in [2.05, 4.69) is 5.32 Å². The summed E-state index contributed by atoms with van der Waals surface area (Å²) in [5, 5.41) is 12.4. The number of hydrogen-bond donors (Lipinski definition) is 2. The van der Waals surface area contributed by atoms with Gasteiger partial charge in [0.15, 0.2) is 0 Å². The molecule has 98 valence electrons. The molecule has 18 heavy (non-hydrogen) atoms. The van der Waals surface area contributed by atoms with Crippen LogP contribution in [0.2, 0.25) is 0 Å². The average Bonchev–Trinajstić information content (AvgIpc) is 2.36. The lowest BCUT2D eigenvalue weighted by Crippen LogP contribution is -2.41. The number of ether oxygens (including phenoxy) is 2. The summed E-state index contributed by atoms with van der Waals surface area (Å²) in [5.74, 6) is 0.386. The molecule has 1 aromatic carbocycles. The maximum absolute atomic E-state index is 11.4. The van der Waals surface area contributed by atoms with Crippen LogP contribution in [-0.4, -0.2) is 31.3 Å². The molecule has 2 atom stereocenters. The maximum Gasteiger partial charge on any atom is 0.325 e. The number of benzene rings is 1. The summed E-state index contributed by atoms with van der Waals surface area (Å²) in [4.78, 5) is 11.4. The molecule has 0 amide bonds. The first kappa shape index (κ1) is 12.7. The number of fused-ring (bicyclic) bond motifs is 1. The average molecular weight is 251 g/mol.